The first-order chi connectivity index (χ1) is 13.6. The van der Waals surface area contributed by atoms with Crippen molar-refractivity contribution in [3.8, 4) is 0 Å². The summed E-state index contributed by atoms with van der Waals surface area (Å²) in [6.07, 6.45) is 2.46. The second kappa shape index (κ2) is 8.10. The van der Waals surface area contributed by atoms with Crippen LogP contribution < -0.4 is 10.6 Å². The van der Waals surface area contributed by atoms with Gasteiger partial charge in [-0.2, -0.15) is 0 Å². The van der Waals surface area contributed by atoms with E-state index >= 15 is 0 Å². The van der Waals surface area contributed by atoms with Crippen molar-refractivity contribution in [3.05, 3.63) is 64.7 Å². The van der Waals surface area contributed by atoms with E-state index in [1.807, 2.05) is 18.2 Å². The predicted molar refractivity (Wildman–Crippen MR) is 108 cm³/mol. The van der Waals surface area contributed by atoms with Gasteiger partial charge in [-0.3, -0.25) is 4.79 Å². The smallest absolute Gasteiger partial charge is 0.224 e. The van der Waals surface area contributed by atoms with Gasteiger partial charge in [0.15, 0.2) is 0 Å². The summed E-state index contributed by atoms with van der Waals surface area (Å²) < 4.78 is 12.9. The molecule has 7 heteroatoms. The van der Waals surface area contributed by atoms with E-state index in [0.717, 1.165) is 41.0 Å². The van der Waals surface area contributed by atoms with E-state index in [1.165, 1.54) is 12.1 Å². The number of nitrogens with one attached hydrogen (secondary N) is 2. The van der Waals surface area contributed by atoms with Crippen LogP contribution in [0.3, 0.4) is 0 Å². The quantitative estimate of drug-likeness (QED) is 0.589. The number of amides is 1. The Bertz CT molecular complexity index is 1010. The monoisotopic (exact) mass is 398 g/mol. The summed E-state index contributed by atoms with van der Waals surface area (Å²) in [5.41, 5.74) is 1.60. The van der Waals surface area contributed by atoms with E-state index in [4.69, 9.17) is 11.6 Å². The van der Waals surface area contributed by atoms with E-state index in [0.29, 0.717) is 24.0 Å². The molecule has 0 radical (unpaired) electrons. The van der Waals surface area contributed by atoms with Gasteiger partial charge in [0.05, 0.1) is 11.9 Å². The Kier molecular flexibility index (Phi) is 5.39. The second-order valence-electron chi connectivity index (χ2n) is 6.95. The van der Waals surface area contributed by atoms with Gasteiger partial charge in [-0.15, -0.1) is 0 Å². The van der Waals surface area contributed by atoms with Crippen molar-refractivity contribution < 1.29 is 9.18 Å². The summed E-state index contributed by atoms with van der Waals surface area (Å²) in [7, 11) is 0. The zero-order valence-electron chi connectivity index (χ0n) is 15.2. The maximum absolute atomic E-state index is 12.9. The van der Waals surface area contributed by atoms with Crippen LogP contribution >= 0.6 is 11.6 Å². The average molecular weight is 399 g/mol. The molecule has 3 aromatic rings. The molecular formula is C21H20ClFN4O. The number of halogens is 2. The zero-order valence-corrected chi connectivity index (χ0v) is 16.0. The lowest BCUT2D eigenvalue weighted by atomic mass is 10.1. The van der Waals surface area contributed by atoms with Gasteiger partial charge in [0, 0.05) is 29.4 Å². The molecule has 0 bridgehead atoms. The SMILES string of the molecule is O=C(Cc1ccc(F)cc1)NCCNc1nc(C2CC2)nc2cc(Cl)ccc12. The molecule has 1 amide bonds. The lowest BCUT2D eigenvalue weighted by Gasteiger charge is -2.11. The van der Waals surface area contributed by atoms with Gasteiger partial charge in [0.25, 0.3) is 0 Å². The van der Waals surface area contributed by atoms with E-state index in [-0.39, 0.29) is 18.1 Å². The summed E-state index contributed by atoms with van der Waals surface area (Å²) in [5.74, 6) is 1.62. The fraction of sp³-hybridized carbons (Fsp3) is 0.286. The second-order valence-corrected chi connectivity index (χ2v) is 7.38. The van der Waals surface area contributed by atoms with E-state index < -0.39 is 0 Å². The topological polar surface area (TPSA) is 66.9 Å². The third-order valence-electron chi connectivity index (χ3n) is 4.64. The van der Waals surface area contributed by atoms with Gasteiger partial charge in [-0.1, -0.05) is 23.7 Å². The molecule has 0 atom stereocenters. The normalized spacial score (nSPS) is 13.5. The summed E-state index contributed by atoms with van der Waals surface area (Å²) in [4.78, 5) is 21.3. The van der Waals surface area contributed by atoms with Gasteiger partial charge >= 0.3 is 0 Å². The number of benzene rings is 2. The molecule has 1 aliphatic rings. The third-order valence-corrected chi connectivity index (χ3v) is 4.87. The Morgan fingerprint density at radius 1 is 1.11 bits per heavy atom. The molecular weight excluding hydrogens is 379 g/mol. The molecule has 28 heavy (non-hydrogen) atoms. The largest absolute Gasteiger partial charge is 0.368 e. The summed E-state index contributed by atoms with van der Waals surface area (Å²) in [6.45, 7) is 0.992. The van der Waals surface area contributed by atoms with Gasteiger partial charge in [-0.25, -0.2) is 14.4 Å². The number of nitrogens with zero attached hydrogens (tertiary/aromatic N) is 2. The Morgan fingerprint density at radius 3 is 2.64 bits per heavy atom. The fourth-order valence-corrected chi connectivity index (χ4v) is 3.18. The molecule has 0 saturated heterocycles. The fourth-order valence-electron chi connectivity index (χ4n) is 3.01. The lowest BCUT2D eigenvalue weighted by molar-refractivity contribution is -0.120. The minimum Gasteiger partial charge on any atom is -0.368 e. The number of rotatable bonds is 7. The molecule has 1 heterocycles. The van der Waals surface area contributed by atoms with Crippen LogP contribution in [0.5, 0.6) is 0 Å². The van der Waals surface area contributed by atoms with Crippen molar-refractivity contribution in [1.29, 1.82) is 0 Å². The molecule has 2 aromatic carbocycles. The molecule has 0 aliphatic heterocycles. The number of hydrogen-bond donors (Lipinski definition) is 2. The molecule has 5 nitrogen and oxygen atoms in total. The molecule has 1 aromatic heterocycles. The van der Waals surface area contributed by atoms with Crippen LogP contribution in [-0.4, -0.2) is 29.0 Å². The van der Waals surface area contributed by atoms with Crippen LogP contribution in [0.1, 0.15) is 30.1 Å². The first-order valence-corrected chi connectivity index (χ1v) is 9.68. The van der Waals surface area contributed by atoms with Crippen LogP contribution in [0.4, 0.5) is 10.2 Å². The van der Waals surface area contributed by atoms with Crippen LogP contribution in [-0.2, 0) is 11.2 Å². The minimum atomic E-state index is -0.308. The molecule has 1 aliphatic carbocycles. The number of anilines is 1. The van der Waals surface area contributed by atoms with E-state index in [1.54, 1.807) is 12.1 Å². The summed E-state index contributed by atoms with van der Waals surface area (Å²) in [5, 5.41) is 7.72. The number of hydrogen-bond acceptors (Lipinski definition) is 4. The molecule has 1 fully saturated rings. The van der Waals surface area contributed by atoms with Crippen LogP contribution in [0, 0.1) is 5.82 Å². The Labute approximate surface area is 167 Å². The summed E-state index contributed by atoms with van der Waals surface area (Å²) in [6, 6.07) is 11.5. The number of carbonyl (C=O) groups is 1. The standard InChI is InChI=1S/C21H20ClFN4O/c22-15-5-8-17-18(12-15)26-20(14-3-4-14)27-21(17)25-10-9-24-19(28)11-13-1-6-16(23)7-2-13/h1-2,5-8,12,14H,3-4,9-11H2,(H,24,28)(H,25,26,27). The third kappa shape index (κ3) is 4.57. The van der Waals surface area contributed by atoms with Crippen LogP contribution in [0.25, 0.3) is 10.9 Å². The van der Waals surface area contributed by atoms with Crippen molar-refractivity contribution in [3.63, 3.8) is 0 Å². The molecule has 4 rings (SSSR count). The average Bonchev–Trinajstić information content (AvgIpc) is 3.52. The van der Waals surface area contributed by atoms with Gasteiger partial charge in [-0.05, 0) is 48.7 Å². The number of carbonyl (C=O) groups excluding carboxylic acids is 1. The van der Waals surface area contributed by atoms with Gasteiger partial charge in [0.1, 0.15) is 17.5 Å². The van der Waals surface area contributed by atoms with Crippen molar-refractivity contribution >= 4 is 34.2 Å². The molecule has 144 valence electrons. The highest BCUT2D eigenvalue weighted by Crippen LogP contribution is 2.39. The van der Waals surface area contributed by atoms with E-state index in [2.05, 4.69) is 20.6 Å². The molecule has 0 unspecified atom stereocenters. The Hall–Kier alpha value is -2.73. The maximum Gasteiger partial charge on any atom is 0.224 e. The van der Waals surface area contributed by atoms with Crippen molar-refractivity contribution in [2.75, 3.05) is 18.4 Å². The highest BCUT2D eigenvalue weighted by atomic mass is 35.5. The van der Waals surface area contributed by atoms with Gasteiger partial charge in [0.2, 0.25) is 5.91 Å². The highest BCUT2D eigenvalue weighted by molar-refractivity contribution is 6.31. The minimum absolute atomic E-state index is 0.105. The highest BCUT2D eigenvalue weighted by Gasteiger charge is 2.27. The molecule has 0 spiro atoms. The van der Waals surface area contributed by atoms with E-state index in [9.17, 15) is 9.18 Å². The lowest BCUT2D eigenvalue weighted by Crippen LogP contribution is -2.30. The first-order valence-electron chi connectivity index (χ1n) is 9.31. The van der Waals surface area contributed by atoms with Crippen molar-refractivity contribution in [2.45, 2.75) is 25.2 Å². The maximum atomic E-state index is 12.9. The molecule has 1 saturated carbocycles. The number of aromatic nitrogens is 2. The summed E-state index contributed by atoms with van der Waals surface area (Å²) >= 11 is 6.11. The van der Waals surface area contributed by atoms with Crippen molar-refractivity contribution in [1.82, 2.24) is 15.3 Å². The van der Waals surface area contributed by atoms with Gasteiger partial charge < -0.3 is 10.6 Å². The molecule has 2 N–H and O–H groups in total. The first kappa shape index (κ1) is 18.6. The Balaban J connectivity index is 1.36. The number of fused-ring (bicyclic) bond motifs is 1. The van der Waals surface area contributed by atoms with Crippen LogP contribution in [0.15, 0.2) is 42.5 Å². The van der Waals surface area contributed by atoms with Crippen molar-refractivity contribution in [2.24, 2.45) is 0 Å². The zero-order chi connectivity index (χ0) is 19.5. The van der Waals surface area contributed by atoms with Crippen LogP contribution in [0.2, 0.25) is 5.02 Å². The Morgan fingerprint density at radius 2 is 1.89 bits per heavy atom. The predicted octanol–water partition coefficient (Wildman–Crippen LogP) is 4.07.